The van der Waals surface area contributed by atoms with Gasteiger partial charge in [0.25, 0.3) is 0 Å². The fourth-order valence-corrected chi connectivity index (χ4v) is 2.76. The number of hydrogen-bond donors (Lipinski definition) is 1. The van der Waals surface area contributed by atoms with Crippen LogP contribution in [0.25, 0.3) is 0 Å². The molecule has 102 valence electrons. The molecule has 2 rings (SSSR count). The highest BCUT2D eigenvalue weighted by molar-refractivity contribution is 9.10. The van der Waals surface area contributed by atoms with Gasteiger partial charge in [-0.25, -0.2) is 0 Å². The third-order valence-electron chi connectivity index (χ3n) is 2.84. The highest BCUT2D eigenvalue weighted by atomic mass is 79.9. The van der Waals surface area contributed by atoms with Crippen molar-refractivity contribution in [2.75, 3.05) is 0 Å². The van der Waals surface area contributed by atoms with Crippen molar-refractivity contribution in [3.63, 3.8) is 0 Å². The number of nitrogens with two attached hydrogens (primary N) is 1. The quantitative estimate of drug-likeness (QED) is 0.673. The number of amides is 1. The first-order chi connectivity index (χ1) is 9.50. The second-order valence-electron chi connectivity index (χ2n) is 4.19. The lowest BCUT2D eigenvalue weighted by Gasteiger charge is -2.11. The highest BCUT2D eigenvalue weighted by Gasteiger charge is 2.21. The fraction of sp³-hybridized carbons (Fsp3) is 0.0667. The van der Waals surface area contributed by atoms with Crippen LogP contribution in [0.4, 0.5) is 0 Å². The largest absolute Gasteiger partial charge is 0.366 e. The summed E-state index contributed by atoms with van der Waals surface area (Å²) >= 11 is 9.60. The van der Waals surface area contributed by atoms with E-state index < -0.39 is 11.3 Å². The Kier molecular flexibility index (Phi) is 4.57. The van der Waals surface area contributed by atoms with E-state index in [-0.39, 0.29) is 11.3 Å². The lowest BCUT2D eigenvalue weighted by Crippen LogP contribution is -2.13. The van der Waals surface area contributed by atoms with E-state index in [1.54, 1.807) is 24.3 Å². The first kappa shape index (κ1) is 14.8. The van der Waals surface area contributed by atoms with Crippen LogP contribution >= 0.6 is 27.5 Å². The van der Waals surface area contributed by atoms with Gasteiger partial charge in [0.15, 0.2) is 5.78 Å². The van der Waals surface area contributed by atoms with Crippen LogP contribution in [0, 0.1) is 0 Å². The molecule has 2 N–H and O–H groups in total. The minimum atomic E-state index is -0.825. The minimum Gasteiger partial charge on any atom is -0.366 e. The van der Waals surface area contributed by atoms with Gasteiger partial charge in [-0.1, -0.05) is 46.3 Å². The van der Waals surface area contributed by atoms with Crippen LogP contribution in [-0.2, 0) is 0 Å². The normalized spacial score (nSPS) is 11.9. The van der Waals surface area contributed by atoms with Gasteiger partial charge in [-0.05, 0) is 23.8 Å². The molecule has 0 aliphatic carbocycles. The lowest BCUT2D eigenvalue weighted by molar-refractivity contribution is 0.0987. The number of carbonyl (C=O) groups excluding carboxylic acids is 2. The molecular weight excluding hydrogens is 342 g/mol. The van der Waals surface area contributed by atoms with E-state index in [9.17, 15) is 9.59 Å². The molecular formula is C15H11BrClNO2. The molecule has 3 nitrogen and oxygen atoms in total. The smallest absolute Gasteiger partial charge is 0.248 e. The van der Waals surface area contributed by atoms with Crippen LogP contribution in [0.15, 0.2) is 53.0 Å². The van der Waals surface area contributed by atoms with Gasteiger partial charge >= 0.3 is 0 Å². The molecule has 1 atom stereocenters. The van der Waals surface area contributed by atoms with Crippen molar-refractivity contribution in [1.29, 1.82) is 0 Å². The molecule has 0 aliphatic heterocycles. The van der Waals surface area contributed by atoms with Gasteiger partial charge < -0.3 is 5.73 Å². The number of primary amides is 1. The molecule has 0 radical (unpaired) electrons. The summed E-state index contributed by atoms with van der Waals surface area (Å²) in [5.41, 5.74) is 6.53. The Hall–Kier alpha value is -1.65. The average Bonchev–Trinajstić information content (AvgIpc) is 2.46. The fourth-order valence-electron chi connectivity index (χ4n) is 1.79. The Morgan fingerprint density at radius 2 is 1.70 bits per heavy atom. The molecule has 2 aromatic rings. The molecule has 0 bridgehead atoms. The molecule has 0 heterocycles. The maximum atomic E-state index is 12.4. The zero-order chi connectivity index (χ0) is 14.7. The van der Waals surface area contributed by atoms with Crippen LogP contribution < -0.4 is 5.73 Å². The molecule has 2 aromatic carbocycles. The molecule has 0 aromatic heterocycles. The van der Waals surface area contributed by atoms with Crippen LogP contribution in [0.2, 0.25) is 0 Å². The number of alkyl halides is 1. The van der Waals surface area contributed by atoms with Crippen molar-refractivity contribution in [3.05, 3.63) is 69.7 Å². The van der Waals surface area contributed by atoms with E-state index in [4.69, 9.17) is 17.3 Å². The molecule has 1 unspecified atom stereocenters. The summed E-state index contributed by atoms with van der Waals surface area (Å²) < 4.78 is 0.763. The Morgan fingerprint density at radius 1 is 1.05 bits per heavy atom. The molecule has 5 heteroatoms. The van der Waals surface area contributed by atoms with Crippen molar-refractivity contribution >= 4 is 39.2 Å². The second kappa shape index (κ2) is 6.20. The van der Waals surface area contributed by atoms with Crippen LogP contribution in [0.3, 0.4) is 0 Å². The third-order valence-corrected chi connectivity index (χ3v) is 4.00. The van der Waals surface area contributed by atoms with E-state index in [1.807, 2.05) is 18.2 Å². The number of halogens is 2. The molecule has 0 saturated heterocycles. The Morgan fingerprint density at radius 3 is 2.35 bits per heavy atom. The molecule has 0 fully saturated rings. The summed E-state index contributed by atoms with van der Waals surface area (Å²) in [4.78, 5) is 23.5. The van der Waals surface area contributed by atoms with E-state index in [1.165, 1.54) is 6.07 Å². The van der Waals surface area contributed by atoms with Gasteiger partial charge in [0.1, 0.15) is 5.38 Å². The van der Waals surface area contributed by atoms with Gasteiger partial charge in [0.05, 0.1) is 0 Å². The average molecular weight is 353 g/mol. The van der Waals surface area contributed by atoms with Crippen molar-refractivity contribution in [3.8, 4) is 0 Å². The maximum absolute atomic E-state index is 12.4. The molecule has 0 saturated carbocycles. The van der Waals surface area contributed by atoms with E-state index in [0.29, 0.717) is 11.1 Å². The summed E-state index contributed by atoms with van der Waals surface area (Å²) in [6, 6.07) is 13.5. The number of rotatable bonds is 4. The van der Waals surface area contributed by atoms with Crippen LogP contribution in [0.5, 0.6) is 0 Å². The summed E-state index contributed by atoms with van der Waals surface area (Å²) in [6.45, 7) is 0. The van der Waals surface area contributed by atoms with E-state index >= 15 is 0 Å². The zero-order valence-corrected chi connectivity index (χ0v) is 12.7. The number of carbonyl (C=O) groups is 2. The first-order valence-corrected chi connectivity index (χ1v) is 7.06. The predicted molar refractivity (Wildman–Crippen MR) is 82.0 cm³/mol. The summed E-state index contributed by atoms with van der Waals surface area (Å²) in [5.74, 6) is -0.853. The van der Waals surface area contributed by atoms with E-state index in [0.717, 1.165) is 4.47 Å². The lowest BCUT2D eigenvalue weighted by atomic mass is 10.0. The Bertz CT molecular complexity index is 672. The SMILES string of the molecule is NC(=O)c1cccc(C(=O)C(Cl)c2ccccc2Br)c1. The van der Waals surface area contributed by atoms with Crippen LogP contribution in [-0.4, -0.2) is 11.7 Å². The van der Waals surface area contributed by atoms with Crippen molar-refractivity contribution in [1.82, 2.24) is 0 Å². The third kappa shape index (κ3) is 3.08. The van der Waals surface area contributed by atoms with Gasteiger partial charge in [-0.3, -0.25) is 9.59 Å². The zero-order valence-electron chi connectivity index (χ0n) is 10.3. The number of ketones is 1. The maximum Gasteiger partial charge on any atom is 0.248 e. The molecule has 20 heavy (non-hydrogen) atoms. The first-order valence-electron chi connectivity index (χ1n) is 5.83. The monoisotopic (exact) mass is 351 g/mol. The number of Topliss-reactive ketones (excluding diaryl/α,β-unsaturated/α-hetero) is 1. The van der Waals surface area contributed by atoms with E-state index in [2.05, 4.69) is 15.9 Å². The van der Waals surface area contributed by atoms with Crippen molar-refractivity contribution < 1.29 is 9.59 Å². The molecule has 1 amide bonds. The van der Waals surface area contributed by atoms with Gasteiger partial charge in [0.2, 0.25) is 5.91 Å². The number of benzene rings is 2. The molecule has 0 spiro atoms. The highest BCUT2D eigenvalue weighted by Crippen LogP contribution is 2.30. The van der Waals surface area contributed by atoms with Crippen molar-refractivity contribution in [2.45, 2.75) is 5.38 Å². The van der Waals surface area contributed by atoms with Gasteiger partial charge in [0, 0.05) is 15.6 Å². The minimum absolute atomic E-state index is 0.276. The summed E-state index contributed by atoms with van der Waals surface area (Å²) in [5, 5.41) is -0.825. The number of hydrogen-bond acceptors (Lipinski definition) is 2. The van der Waals surface area contributed by atoms with Gasteiger partial charge in [-0.2, -0.15) is 0 Å². The Labute approximate surface area is 129 Å². The topological polar surface area (TPSA) is 60.2 Å². The standard InChI is InChI=1S/C15H11BrClNO2/c16-12-7-2-1-6-11(12)13(17)14(19)9-4-3-5-10(8-9)15(18)20/h1-8,13H,(H2,18,20). The van der Waals surface area contributed by atoms with Crippen molar-refractivity contribution in [2.24, 2.45) is 5.73 Å². The molecule has 0 aliphatic rings. The van der Waals surface area contributed by atoms with Gasteiger partial charge in [-0.15, -0.1) is 11.6 Å². The predicted octanol–water partition coefficient (Wildman–Crippen LogP) is 3.71. The van der Waals surface area contributed by atoms with Crippen LogP contribution in [0.1, 0.15) is 31.7 Å². The second-order valence-corrected chi connectivity index (χ2v) is 5.48. The Balaban J connectivity index is 2.34. The summed E-state index contributed by atoms with van der Waals surface area (Å²) in [6.07, 6.45) is 0. The summed E-state index contributed by atoms with van der Waals surface area (Å²) in [7, 11) is 0.